The molecule has 17 heavy (non-hydrogen) atoms. The van der Waals surface area contributed by atoms with E-state index in [1.807, 2.05) is 0 Å². The van der Waals surface area contributed by atoms with E-state index in [1.165, 1.54) is 16.7 Å². The van der Waals surface area contributed by atoms with Crippen LogP contribution in [0.3, 0.4) is 0 Å². The molecule has 0 fully saturated rings. The molecular formula is C15H25NO. The highest BCUT2D eigenvalue weighted by Crippen LogP contribution is 2.26. The van der Waals surface area contributed by atoms with Gasteiger partial charge in [-0.3, -0.25) is 0 Å². The number of nitrogens with two attached hydrogens (primary N) is 1. The molecule has 96 valence electrons. The van der Waals surface area contributed by atoms with Crippen LogP contribution in [0.15, 0.2) is 12.1 Å². The summed E-state index contributed by atoms with van der Waals surface area (Å²) in [6.45, 7) is 8.62. The number of methoxy groups -OCH3 is 1. The Morgan fingerprint density at radius 1 is 1.24 bits per heavy atom. The van der Waals surface area contributed by atoms with Crippen LogP contribution in [0.2, 0.25) is 0 Å². The minimum absolute atomic E-state index is 0.213. The summed E-state index contributed by atoms with van der Waals surface area (Å²) in [7, 11) is 1.73. The fourth-order valence-corrected chi connectivity index (χ4v) is 2.46. The third-order valence-electron chi connectivity index (χ3n) is 2.96. The predicted octanol–water partition coefficient (Wildman–Crippen LogP) is 3.23. The maximum absolute atomic E-state index is 6.17. The van der Waals surface area contributed by atoms with Gasteiger partial charge in [0, 0.05) is 6.04 Å². The Kier molecular flexibility index (Phi) is 5.01. The molecule has 0 amide bonds. The molecule has 0 aromatic heterocycles. The number of benzene rings is 1. The van der Waals surface area contributed by atoms with Crippen LogP contribution in [0.1, 0.15) is 37.0 Å². The monoisotopic (exact) mass is 235 g/mol. The summed E-state index contributed by atoms with van der Waals surface area (Å²) in [4.78, 5) is 0. The molecular weight excluding hydrogens is 210 g/mol. The second-order valence-electron chi connectivity index (χ2n) is 5.37. The molecule has 0 aliphatic heterocycles. The quantitative estimate of drug-likeness (QED) is 0.850. The van der Waals surface area contributed by atoms with Crippen LogP contribution >= 0.6 is 0 Å². The van der Waals surface area contributed by atoms with E-state index in [1.54, 1.807) is 7.11 Å². The van der Waals surface area contributed by atoms with Gasteiger partial charge in [0.15, 0.2) is 0 Å². The van der Waals surface area contributed by atoms with Crippen molar-refractivity contribution < 1.29 is 4.74 Å². The Hall–Kier alpha value is -1.02. The van der Waals surface area contributed by atoms with Gasteiger partial charge in [0.25, 0.3) is 0 Å². The van der Waals surface area contributed by atoms with E-state index in [9.17, 15) is 0 Å². The molecule has 2 nitrogen and oxygen atoms in total. The molecule has 0 spiro atoms. The number of aryl methyl sites for hydroxylation is 2. The third-order valence-corrected chi connectivity index (χ3v) is 2.96. The molecule has 1 aromatic rings. The van der Waals surface area contributed by atoms with Gasteiger partial charge in [-0.15, -0.1) is 0 Å². The van der Waals surface area contributed by atoms with E-state index in [-0.39, 0.29) is 6.04 Å². The molecule has 2 heteroatoms. The van der Waals surface area contributed by atoms with Gasteiger partial charge in [-0.1, -0.05) is 31.5 Å². The van der Waals surface area contributed by atoms with Gasteiger partial charge in [-0.2, -0.15) is 0 Å². The summed E-state index contributed by atoms with van der Waals surface area (Å²) < 4.78 is 5.48. The highest BCUT2D eigenvalue weighted by Gasteiger charge is 2.12. The summed E-state index contributed by atoms with van der Waals surface area (Å²) in [5, 5.41) is 0. The Balaban J connectivity index is 2.89. The predicted molar refractivity (Wildman–Crippen MR) is 73.6 cm³/mol. The first kappa shape index (κ1) is 14.0. The molecule has 0 bridgehead atoms. The van der Waals surface area contributed by atoms with Crippen molar-refractivity contribution in [2.75, 3.05) is 7.11 Å². The number of hydrogen-bond donors (Lipinski definition) is 1. The zero-order valence-electron chi connectivity index (χ0n) is 11.7. The number of rotatable bonds is 5. The molecule has 1 rings (SSSR count). The van der Waals surface area contributed by atoms with E-state index in [4.69, 9.17) is 10.5 Å². The molecule has 0 heterocycles. The van der Waals surface area contributed by atoms with Gasteiger partial charge >= 0.3 is 0 Å². The second kappa shape index (κ2) is 6.06. The van der Waals surface area contributed by atoms with E-state index < -0.39 is 0 Å². The SMILES string of the molecule is COc1c(C)cc(C)cc1CC(N)CC(C)C. The van der Waals surface area contributed by atoms with E-state index in [0.29, 0.717) is 5.92 Å². The van der Waals surface area contributed by atoms with Crippen LogP contribution in [-0.4, -0.2) is 13.2 Å². The normalized spacial score (nSPS) is 12.9. The topological polar surface area (TPSA) is 35.2 Å². The fraction of sp³-hybridized carbons (Fsp3) is 0.600. The van der Waals surface area contributed by atoms with E-state index in [0.717, 1.165) is 18.6 Å². The molecule has 0 radical (unpaired) electrons. The van der Waals surface area contributed by atoms with Crippen molar-refractivity contribution in [3.05, 3.63) is 28.8 Å². The summed E-state index contributed by atoms with van der Waals surface area (Å²) in [6, 6.07) is 4.55. The maximum atomic E-state index is 6.17. The van der Waals surface area contributed by atoms with Gasteiger partial charge in [0.2, 0.25) is 0 Å². The summed E-state index contributed by atoms with van der Waals surface area (Å²) in [5.41, 5.74) is 9.88. The highest BCUT2D eigenvalue weighted by atomic mass is 16.5. The smallest absolute Gasteiger partial charge is 0.125 e. The molecule has 1 aromatic carbocycles. The van der Waals surface area contributed by atoms with E-state index >= 15 is 0 Å². The third kappa shape index (κ3) is 4.04. The fourth-order valence-electron chi connectivity index (χ4n) is 2.46. The van der Waals surface area contributed by atoms with Crippen LogP contribution in [-0.2, 0) is 6.42 Å². The lowest BCUT2D eigenvalue weighted by atomic mass is 9.95. The van der Waals surface area contributed by atoms with Crippen molar-refractivity contribution in [3.8, 4) is 5.75 Å². The van der Waals surface area contributed by atoms with E-state index in [2.05, 4.69) is 39.8 Å². The highest BCUT2D eigenvalue weighted by molar-refractivity contribution is 5.44. The minimum Gasteiger partial charge on any atom is -0.496 e. The van der Waals surface area contributed by atoms with Crippen molar-refractivity contribution >= 4 is 0 Å². The Labute approximate surface area is 105 Å². The minimum atomic E-state index is 0.213. The Morgan fingerprint density at radius 2 is 1.88 bits per heavy atom. The van der Waals surface area contributed by atoms with Crippen LogP contribution in [0.25, 0.3) is 0 Å². The van der Waals surface area contributed by atoms with Crippen molar-refractivity contribution in [2.45, 2.75) is 46.6 Å². The molecule has 0 saturated heterocycles. The van der Waals surface area contributed by atoms with Crippen LogP contribution in [0.5, 0.6) is 5.75 Å². The summed E-state index contributed by atoms with van der Waals surface area (Å²) >= 11 is 0. The van der Waals surface area contributed by atoms with Crippen molar-refractivity contribution in [1.82, 2.24) is 0 Å². The lowest BCUT2D eigenvalue weighted by molar-refractivity contribution is 0.401. The summed E-state index contributed by atoms with van der Waals surface area (Å²) in [5.74, 6) is 1.64. The first-order valence-corrected chi connectivity index (χ1v) is 6.33. The maximum Gasteiger partial charge on any atom is 0.125 e. The first-order chi connectivity index (χ1) is 7.93. The lowest BCUT2D eigenvalue weighted by Gasteiger charge is -2.18. The van der Waals surface area contributed by atoms with Gasteiger partial charge < -0.3 is 10.5 Å². The van der Waals surface area contributed by atoms with Crippen molar-refractivity contribution in [2.24, 2.45) is 11.7 Å². The average Bonchev–Trinajstić information content (AvgIpc) is 2.15. The molecule has 2 N–H and O–H groups in total. The van der Waals surface area contributed by atoms with Gasteiger partial charge in [-0.05, 0) is 43.7 Å². The van der Waals surface area contributed by atoms with Crippen molar-refractivity contribution in [3.63, 3.8) is 0 Å². The number of ether oxygens (including phenoxy) is 1. The standard InChI is InChI=1S/C15H25NO/c1-10(2)6-14(16)9-13-8-11(3)7-12(4)15(13)17-5/h7-8,10,14H,6,9,16H2,1-5H3. The number of hydrogen-bond acceptors (Lipinski definition) is 2. The van der Waals surface area contributed by atoms with Crippen LogP contribution < -0.4 is 10.5 Å². The largest absolute Gasteiger partial charge is 0.496 e. The Morgan fingerprint density at radius 3 is 2.41 bits per heavy atom. The van der Waals surface area contributed by atoms with Crippen molar-refractivity contribution in [1.29, 1.82) is 0 Å². The summed E-state index contributed by atoms with van der Waals surface area (Å²) in [6.07, 6.45) is 1.94. The Bertz CT molecular complexity index is 371. The zero-order chi connectivity index (χ0) is 13.0. The van der Waals surface area contributed by atoms with Crippen LogP contribution in [0.4, 0.5) is 0 Å². The molecule has 0 aliphatic carbocycles. The second-order valence-corrected chi connectivity index (χ2v) is 5.37. The van der Waals surface area contributed by atoms with Gasteiger partial charge in [0.1, 0.15) is 5.75 Å². The molecule has 1 atom stereocenters. The molecule has 0 aliphatic rings. The average molecular weight is 235 g/mol. The molecule has 0 saturated carbocycles. The first-order valence-electron chi connectivity index (χ1n) is 6.33. The molecule has 1 unspecified atom stereocenters. The lowest BCUT2D eigenvalue weighted by Crippen LogP contribution is -2.25. The van der Waals surface area contributed by atoms with Gasteiger partial charge in [0.05, 0.1) is 7.11 Å². The van der Waals surface area contributed by atoms with Crippen LogP contribution in [0, 0.1) is 19.8 Å². The zero-order valence-corrected chi connectivity index (χ0v) is 11.7. The van der Waals surface area contributed by atoms with Gasteiger partial charge in [-0.25, -0.2) is 0 Å².